The number of nitrogens with one attached hydrogen (secondary N) is 1. The highest BCUT2D eigenvalue weighted by Gasteiger charge is 2.30. The summed E-state index contributed by atoms with van der Waals surface area (Å²) in [5.74, 6) is -1.83. The van der Waals surface area contributed by atoms with Crippen LogP contribution in [0.2, 0.25) is 0 Å². The number of carboxylic acid groups (broad SMARTS) is 1. The van der Waals surface area contributed by atoms with Crippen molar-refractivity contribution in [3.8, 4) is 0 Å². The number of ether oxygens (including phenoxy) is 3. The second-order valence-corrected chi connectivity index (χ2v) is 7.67. The van der Waals surface area contributed by atoms with E-state index in [2.05, 4.69) is 5.32 Å². The van der Waals surface area contributed by atoms with Gasteiger partial charge in [0.2, 0.25) is 0 Å². The molecule has 0 aromatic rings. The van der Waals surface area contributed by atoms with Crippen molar-refractivity contribution in [3.63, 3.8) is 0 Å². The number of alkyl carbamates (subject to hydrolysis) is 1. The fourth-order valence-corrected chi connectivity index (χ4v) is 2.41. The number of methoxy groups -OCH3 is 1. The Kier molecular flexibility index (Phi) is 11.7. The lowest BCUT2D eigenvalue weighted by atomic mass is 9.95. The molecule has 0 aromatic heterocycles. The largest absolute Gasteiger partial charge is 0.481 e. The summed E-state index contributed by atoms with van der Waals surface area (Å²) in [5.41, 5.74) is -0.708. The first kappa shape index (κ1) is 25.2. The van der Waals surface area contributed by atoms with Crippen LogP contribution in [0, 0.1) is 5.92 Å². The minimum atomic E-state index is -1.04. The summed E-state index contributed by atoms with van der Waals surface area (Å²) in [4.78, 5) is 35.7. The molecule has 0 saturated carbocycles. The molecular formula is C19H35NO7. The molecule has 27 heavy (non-hydrogen) atoms. The molecular weight excluding hydrogens is 354 g/mol. The van der Waals surface area contributed by atoms with Gasteiger partial charge in [-0.2, -0.15) is 0 Å². The number of unbranched alkanes of at least 4 members (excludes halogenated alkanes) is 1. The van der Waals surface area contributed by atoms with Gasteiger partial charge in [0.05, 0.1) is 6.42 Å². The molecule has 0 spiro atoms. The minimum Gasteiger partial charge on any atom is -0.481 e. The molecule has 8 nitrogen and oxygen atoms in total. The van der Waals surface area contributed by atoms with E-state index in [-0.39, 0.29) is 25.4 Å². The summed E-state index contributed by atoms with van der Waals surface area (Å²) in [6.45, 7) is 9.27. The first-order valence-electron chi connectivity index (χ1n) is 9.40. The minimum absolute atomic E-state index is 0.102. The average Bonchev–Trinajstić information content (AvgIpc) is 2.53. The Bertz CT molecular complexity index is 473. The van der Waals surface area contributed by atoms with E-state index in [1.54, 1.807) is 20.8 Å². The van der Waals surface area contributed by atoms with Crippen LogP contribution in [0.25, 0.3) is 0 Å². The van der Waals surface area contributed by atoms with Gasteiger partial charge in [-0.25, -0.2) is 9.59 Å². The van der Waals surface area contributed by atoms with Crippen LogP contribution in [0.1, 0.15) is 66.7 Å². The van der Waals surface area contributed by atoms with E-state index in [9.17, 15) is 14.4 Å². The Morgan fingerprint density at radius 3 is 2.26 bits per heavy atom. The van der Waals surface area contributed by atoms with Crippen molar-refractivity contribution in [1.29, 1.82) is 0 Å². The van der Waals surface area contributed by atoms with E-state index < -0.39 is 35.8 Å². The fraction of sp³-hybridized carbons (Fsp3) is 0.842. The van der Waals surface area contributed by atoms with Crippen molar-refractivity contribution >= 4 is 18.0 Å². The fourth-order valence-electron chi connectivity index (χ4n) is 2.41. The summed E-state index contributed by atoms with van der Waals surface area (Å²) in [6.07, 6.45) is 1.05. The maximum absolute atomic E-state index is 12.6. The van der Waals surface area contributed by atoms with Crippen molar-refractivity contribution < 1.29 is 33.7 Å². The number of hydrogen-bond acceptors (Lipinski definition) is 6. The molecule has 0 heterocycles. The summed E-state index contributed by atoms with van der Waals surface area (Å²) < 4.78 is 15.6. The standard InChI is InChI=1S/C19H35NO7/c1-7-8-9-13(2)15(12-16(21)22)26-17(23)14(10-11-25-6)20-18(24)27-19(3,4)5/h13-15H,7-12H2,1-6H3,(H,20,24)(H,21,22)/t13-,14-,15-/m0/s1. The van der Waals surface area contributed by atoms with Crippen LogP contribution in [-0.2, 0) is 23.8 Å². The van der Waals surface area contributed by atoms with Gasteiger partial charge in [0.25, 0.3) is 0 Å². The second-order valence-electron chi connectivity index (χ2n) is 7.67. The van der Waals surface area contributed by atoms with Gasteiger partial charge in [0.15, 0.2) is 0 Å². The molecule has 1 amide bonds. The third kappa shape index (κ3) is 12.2. The number of carbonyl (C=O) groups is 3. The molecule has 0 aliphatic rings. The van der Waals surface area contributed by atoms with Gasteiger partial charge in [0, 0.05) is 20.1 Å². The zero-order valence-corrected chi connectivity index (χ0v) is 17.4. The highest BCUT2D eigenvalue weighted by Crippen LogP contribution is 2.19. The Hall–Kier alpha value is -1.83. The molecule has 0 radical (unpaired) electrons. The van der Waals surface area contributed by atoms with Crippen LogP contribution in [0.5, 0.6) is 0 Å². The number of amides is 1. The Labute approximate surface area is 161 Å². The van der Waals surface area contributed by atoms with Gasteiger partial charge < -0.3 is 24.6 Å². The Morgan fingerprint density at radius 1 is 1.15 bits per heavy atom. The van der Waals surface area contributed by atoms with Gasteiger partial charge in [-0.1, -0.05) is 26.7 Å². The summed E-state index contributed by atoms with van der Waals surface area (Å²) in [7, 11) is 1.48. The molecule has 0 bridgehead atoms. The molecule has 0 aliphatic heterocycles. The predicted octanol–water partition coefficient (Wildman–Crippen LogP) is 3.13. The lowest BCUT2D eigenvalue weighted by molar-refractivity contribution is -0.158. The third-order valence-corrected chi connectivity index (χ3v) is 3.88. The van der Waals surface area contributed by atoms with Crippen molar-refractivity contribution in [2.24, 2.45) is 5.92 Å². The SMILES string of the molecule is CCCC[C@H](C)[C@H](CC(=O)O)OC(=O)[C@H](CCOC)NC(=O)OC(C)(C)C. The normalized spacial score (nSPS) is 14.7. The highest BCUT2D eigenvalue weighted by atomic mass is 16.6. The van der Waals surface area contributed by atoms with Crippen LogP contribution in [0.4, 0.5) is 4.79 Å². The van der Waals surface area contributed by atoms with E-state index in [0.717, 1.165) is 19.3 Å². The molecule has 0 rings (SSSR count). The zero-order chi connectivity index (χ0) is 21.0. The lowest BCUT2D eigenvalue weighted by Gasteiger charge is -2.27. The number of carbonyl (C=O) groups excluding carboxylic acids is 2. The predicted molar refractivity (Wildman–Crippen MR) is 100 cm³/mol. The number of carboxylic acids is 1. The molecule has 158 valence electrons. The number of aliphatic carboxylic acids is 1. The van der Waals surface area contributed by atoms with Gasteiger partial charge in [-0.05, 0) is 33.1 Å². The van der Waals surface area contributed by atoms with Crippen LogP contribution in [-0.4, -0.2) is 54.6 Å². The summed E-state index contributed by atoms with van der Waals surface area (Å²) in [6, 6.07) is -0.977. The van der Waals surface area contributed by atoms with Crippen molar-refractivity contribution in [2.45, 2.75) is 84.5 Å². The topological polar surface area (TPSA) is 111 Å². The molecule has 2 N–H and O–H groups in total. The average molecular weight is 389 g/mol. The van der Waals surface area contributed by atoms with Crippen molar-refractivity contribution in [3.05, 3.63) is 0 Å². The summed E-state index contributed by atoms with van der Waals surface area (Å²) in [5, 5.41) is 11.6. The molecule has 3 atom stereocenters. The summed E-state index contributed by atoms with van der Waals surface area (Å²) >= 11 is 0. The van der Waals surface area contributed by atoms with Crippen molar-refractivity contribution in [2.75, 3.05) is 13.7 Å². The smallest absolute Gasteiger partial charge is 0.408 e. The first-order valence-corrected chi connectivity index (χ1v) is 9.40. The molecule has 0 aliphatic carbocycles. The van der Waals surface area contributed by atoms with E-state index in [0.29, 0.717) is 0 Å². The second kappa shape index (κ2) is 12.5. The number of rotatable bonds is 12. The van der Waals surface area contributed by atoms with E-state index in [4.69, 9.17) is 19.3 Å². The lowest BCUT2D eigenvalue weighted by Crippen LogP contribution is -2.46. The quantitative estimate of drug-likeness (QED) is 0.493. The Balaban J connectivity index is 5.07. The van der Waals surface area contributed by atoms with E-state index in [1.165, 1.54) is 7.11 Å². The van der Waals surface area contributed by atoms with Crippen molar-refractivity contribution in [1.82, 2.24) is 5.32 Å². The van der Waals surface area contributed by atoms with E-state index >= 15 is 0 Å². The van der Waals surface area contributed by atoms with Gasteiger partial charge in [0.1, 0.15) is 17.7 Å². The maximum atomic E-state index is 12.6. The van der Waals surface area contributed by atoms with Crippen LogP contribution < -0.4 is 5.32 Å². The molecule has 0 saturated heterocycles. The number of hydrogen-bond donors (Lipinski definition) is 2. The van der Waals surface area contributed by atoms with Crippen LogP contribution >= 0.6 is 0 Å². The van der Waals surface area contributed by atoms with Crippen LogP contribution in [0.3, 0.4) is 0 Å². The van der Waals surface area contributed by atoms with Gasteiger partial charge in [-0.3, -0.25) is 4.79 Å². The third-order valence-electron chi connectivity index (χ3n) is 3.88. The molecule has 0 aromatic carbocycles. The van der Waals surface area contributed by atoms with E-state index in [1.807, 2.05) is 13.8 Å². The first-order chi connectivity index (χ1) is 12.5. The molecule has 0 unspecified atom stereocenters. The zero-order valence-electron chi connectivity index (χ0n) is 17.4. The highest BCUT2D eigenvalue weighted by molar-refractivity contribution is 5.81. The van der Waals surface area contributed by atoms with Gasteiger partial charge >= 0.3 is 18.0 Å². The van der Waals surface area contributed by atoms with Gasteiger partial charge in [-0.15, -0.1) is 0 Å². The number of esters is 1. The maximum Gasteiger partial charge on any atom is 0.408 e. The molecule has 0 fully saturated rings. The van der Waals surface area contributed by atoms with Crippen LogP contribution in [0.15, 0.2) is 0 Å². The monoisotopic (exact) mass is 389 g/mol. The molecule has 8 heteroatoms. The Morgan fingerprint density at radius 2 is 1.78 bits per heavy atom.